The highest BCUT2D eigenvalue weighted by Crippen LogP contribution is 2.28. The second-order valence-corrected chi connectivity index (χ2v) is 7.87. The maximum absolute atomic E-state index is 12.1. The largest absolute Gasteiger partial charge is 0.369 e. The predicted molar refractivity (Wildman–Crippen MR) is 99.0 cm³/mol. The van der Waals surface area contributed by atoms with Crippen molar-refractivity contribution in [1.82, 2.24) is 14.9 Å². The minimum atomic E-state index is -0.151. The van der Waals surface area contributed by atoms with Gasteiger partial charge in [-0.2, -0.15) is 0 Å². The molecule has 4 rings (SSSR count). The van der Waals surface area contributed by atoms with E-state index in [0.29, 0.717) is 16.7 Å². The number of rotatable bonds is 3. The summed E-state index contributed by atoms with van der Waals surface area (Å²) in [4.78, 5) is 35.6. The van der Waals surface area contributed by atoms with Crippen LogP contribution in [0.25, 0.3) is 10.2 Å². The standard InChI is InChI=1S/C17H23N5O2S/c18-15(23)11-1-3-12(4-2-11)21-6-8-22(9-7-21)17-19-13-5-10-25-14(13)16(24)20-17/h5,10-12H,1-4,6-9H2,(H2,18,23)(H,19,20,24). The van der Waals surface area contributed by atoms with E-state index in [-0.39, 0.29) is 17.4 Å². The Bertz CT molecular complexity index is 816. The highest BCUT2D eigenvalue weighted by Gasteiger charge is 2.30. The molecule has 0 aromatic carbocycles. The van der Waals surface area contributed by atoms with Crippen molar-refractivity contribution in [3.05, 3.63) is 21.8 Å². The SMILES string of the molecule is NC(=O)C1CCC(N2CCN(c3nc4ccsc4c(=O)[nH]3)CC2)CC1. The Morgan fingerprint density at radius 2 is 1.92 bits per heavy atom. The number of carbonyl (C=O) groups excluding carboxylic acids is 1. The van der Waals surface area contributed by atoms with Crippen molar-refractivity contribution in [3.8, 4) is 0 Å². The number of nitrogens with one attached hydrogen (secondary N) is 1. The number of aromatic nitrogens is 2. The molecule has 7 nitrogen and oxygen atoms in total. The molecular weight excluding hydrogens is 338 g/mol. The fourth-order valence-electron chi connectivity index (χ4n) is 4.03. The number of hydrogen-bond acceptors (Lipinski definition) is 6. The molecule has 1 saturated carbocycles. The van der Waals surface area contributed by atoms with Crippen LogP contribution in [0.15, 0.2) is 16.2 Å². The van der Waals surface area contributed by atoms with Crippen molar-refractivity contribution in [2.24, 2.45) is 11.7 Å². The molecular formula is C17H23N5O2S. The summed E-state index contributed by atoms with van der Waals surface area (Å²) < 4.78 is 0.689. The number of carbonyl (C=O) groups is 1. The minimum Gasteiger partial charge on any atom is -0.369 e. The van der Waals surface area contributed by atoms with Crippen LogP contribution in [0.1, 0.15) is 25.7 Å². The molecule has 1 amide bonds. The Hall–Kier alpha value is -1.93. The third-order valence-electron chi connectivity index (χ3n) is 5.53. The maximum Gasteiger partial charge on any atom is 0.270 e. The van der Waals surface area contributed by atoms with Gasteiger partial charge in [-0.25, -0.2) is 4.98 Å². The number of thiophene rings is 1. The lowest BCUT2D eigenvalue weighted by Gasteiger charge is -2.41. The molecule has 0 bridgehead atoms. The first kappa shape index (κ1) is 16.5. The number of anilines is 1. The summed E-state index contributed by atoms with van der Waals surface area (Å²) in [7, 11) is 0. The first-order valence-electron chi connectivity index (χ1n) is 8.87. The quantitative estimate of drug-likeness (QED) is 0.855. The number of nitrogens with two attached hydrogens (primary N) is 1. The van der Waals surface area contributed by atoms with E-state index in [1.165, 1.54) is 11.3 Å². The van der Waals surface area contributed by atoms with E-state index >= 15 is 0 Å². The van der Waals surface area contributed by atoms with E-state index < -0.39 is 0 Å². The van der Waals surface area contributed by atoms with Crippen LogP contribution in [-0.2, 0) is 4.79 Å². The van der Waals surface area contributed by atoms with Crippen molar-refractivity contribution >= 4 is 33.4 Å². The summed E-state index contributed by atoms with van der Waals surface area (Å²) in [6.45, 7) is 3.62. The number of nitrogens with zero attached hydrogens (tertiary/aromatic N) is 3. The monoisotopic (exact) mass is 361 g/mol. The Morgan fingerprint density at radius 3 is 2.60 bits per heavy atom. The number of piperazine rings is 1. The zero-order valence-corrected chi connectivity index (χ0v) is 14.9. The predicted octanol–water partition coefficient (Wildman–Crippen LogP) is 1.15. The van der Waals surface area contributed by atoms with Gasteiger partial charge in [-0.3, -0.25) is 19.5 Å². The number of amides is 1. The van der Waals surface area contributed by atoms with E-state index in [9.17, 15) is 9.59 Å². The third kappa shape index (κ3) is 3.28. The van der Waals surface area contributed by atoms with Crippen LogP contribution >= 0.6 is 11.3 Å². The van der Waals surface area contributed by atoms with E-state index in [4.69, 9.17) is 5.73 Å². The number of hydrogen-bond donors (Lipinski definition) is 2. The maximum atomic E-state index is 12.1. The lowest BCUT2D eigenvalue weighted by Crippen LogP contribution is -2.52. The molecule has 0 spiro atoms. The highest BCUT2D eigenvalue weighted by atomic mass is 32.1. The molecule has 2 aliphatic rings. The third-order valence-corrected chi connectivity index (χ3v) is 6.43. The number of fused-ring (bicyclic) bond motifs is 1. The summed E-state index contributed by atoms with van der Waals surface area (Å²) in [5, 5.41) is 1.90. The van der Waals surface area contributed by atoms with E-state index in [2.05, 4.69) is 19.8 Å². The van der Waals surface area contributed by atoms with Crippen LogP contribution < -0.4 is 16.2 Å². The van der Waals surface area contributed by atoms with Gasteiger partial charge in [0.1, 0.15) is 4.70 Å². The van der Waals surface area contributed by atoms with Gasteiger partial charge < -0.3 is 10.6 Å². The van der Waals surface area contributed by atoms with Crippen LogP contribution in [0.3, 0.4) is 0 Å². The van der Waals surface area contributed by atoms with Gasteiger partial charge in [-0.1, -0.05) is 0 Å². The molecule has 134 valence electrons. The van der Waals surface area contributed by atoms with Crippen molar-refractivity contribution in [2.45, 2.75) is 31.7 Å². The van der Waals surface area contributed by atoms with Gasteiger partial charge in [0.25, 0.3) is 5.56 Å². The van der Waals surface area contributed by atoms with E-state index in [0.717, 1.165) is 57.4 Å². The normalized spacial score (nSPS) is 25.4. The van der Waals surface area contributed by atoms with Crippen LogP contribution in [0.5, 0.6) is 0 Å². The summed E-state index contributed by atoms with van der Waals surface area (Å²) in [6.07, 6.45) is 3.90. The van der Waals surface area contributed by atoms with Crippen molar-refractivity contribution in [2.75, 3.05) is 31.1 Å². The summed E-state index contributed by atoms with van der Waals surface area (Å²) >= 11 is 1.42. The fraction of sp³-hybridized carbons (Fsp3) is 0.588. The molecule has 1 aliphatic heterocycles. The minimum absolute atomic E-state index is 0.0535. The van der Waals surface area contributed by atoms with Crippen molar-refractivity contribution in [1.29, 1.82) is 0 Å². The molecule has 0 unspecified atom stereocenters. The Morgan fingerprint density at radius 1 is 1.20 bits per heavy atom. The smallest absolute Gasteiger partial charge is 0.270 e. The first-order chi connectivity index (χ1) is 12.1. The van der Waals surface area contributed by atoms with Crippen LogP contribution in [-0.4, -0.2) is 53.0 Å². The molecule has 25 heavy (non-hydrogen) atoms. The average Bonchev–Trinajstić information content (AvgIpc) is 3.11. The topological polar surface area (TPSA) is 95.3 Å². The summed E-state index contributed by atoms with van der Waals surface area (Å²) in [5.74, 6) is 0.583. The second-order valence-electron chi connectivity index (χ2n) is 6.96. The van der Waals surface area contributed by atoms with Gasteiger partial charge >= 0.3 is 0 Å². The highest BCUT2D eigenvalue weighted by molar-refractivity contribution is 7.17. The zero-order chi connectivity index (χ0) is 17.4. The lowest BCUT2D eigenvalue weighted by atomic mass is 9.85. The van der Waals surface area contributed by atoms with Gasteiger partial charge in [0.05, 0.1) is 5.52 Å². The van der Waals surface area contributed by atoms with Gasteiger partial charge in [0, 0.05) is 38.1 Å². The van der Waals surface area contributed by atoms with Gasteiger partial charge in [-0.05, 0) is 37.1 Å². The molecule has 2 aromatic heterocycles. The van der Waals surface area contributed by atoms with Gasteiger partial charge in [0.15, 0.2) is 0 Å². The van der Waals surface area contributed by atoms with Crippen LogP contribution in [0.2, 0.25) is 0 Å². The summed E-state index contributed by atoms with van der Waals surface area (Å²) in [6, 6.07) is 2.44. The lowest BCUT2D eigenvalue weighted by molar-refractivity contribution is -0.123. The fourth-order valence-corrected chi connectivity index (χ4v) is 4.76. The molecule has 2 fully saturated rings. The average molecular weight is 361 g/mol. The molecule has 0 atom stereocenters. The Kier molecular flexibility index (Phi) is 4.47. The zero-order valence-electron chi connectivity index (χ0n) is 14.1. The Labute approximate surface area is 149 Å². The van der Waals surface area contributed by atoms with Crippen LogP contribution in [0, 0.1) is 5.92 Å². The molecule has 0 radical (unpaired) electrons. The van der Waals surface area contributed by atoms with Crippen LogP contribution in [0.4, 0.5) is 5.95 Å². The number of primary amides is 1. The second kappa shape index (κ2) is 6.76. The molecule has 1 saturated heterocycles. The van der Waals surface area contributed by atoms with Gasteiger partial charge in [-0.15, -0.1) is 11.3 Å². The summed E-state index contributed by atoms with van der Waals surface area (Å²) in [5.41, 5.74) is 6.14. The van der Waals surface area contributed by atoms with E-state index in [1.54, 1.807) is 0 Å². The molecule has 1 aliphatic carbocycles. The first-order valence-corrected chi connectivity index (χ1v) is 9.75. The number of H-pyrrole nitrogens is 1. The molecule has 3 N–H and O–H groups in total. The van der Waals surface area contributed by atoms with Crippen molar-refractivity contribution in [3.63, 3.8) is 0 Å². The van der Waals surface area contributed by atoms with Gasteiger partial charge in [0.2, 0.25) is 11.9 Å². The Balaban J connectivity index is 1.38. The molecule has 3 heterocycles. The van der Waals surface area contributed by atoms with E-state index in [1.807, 2.05) is 11.4 Å². The molecule has 8 heteroatoms. The molecule has 2 aromatic rings. The van der Waals surface area contributed by atoms with Crippen molar-refractivity contribution < 1.29 is 4.79 Å². The number of aromatic amines is 1.